The summed E-state index contributed by atoms with van der Waals surface area (Å²) >= 11 is 0. The zero-order chi connectivity index (χ0) is 9.97. The molecule has 0 atom stereocenters. The largest absolute Gasteiger partial charge is 0.407 e. The Morgan fingerprint density at radius 3 is 2.86 bits per heavy atom. The highest BCUT2D eigenvalue weighted by molar-refractivity contribution is 5.18. The van der Waals surface area contributed by atoms with Crippen LogP contribution in [0.3, 0.4) is 0 Å². The molecule has 1 aliphatic rings. The Morgan fingerprint density at radius 1 is 1.43 bits per heavy atom. The van der Waals surface area contributed by atoms with E-state index in [1.807, 2.05) is 13.8 Å². The van der Waals surface area contributed by atoms with Gasteiger partial charge in [0.2, 0.25) is 5.89 Å². The van der Waals surface area contributed by atoms with Gasteiger partial charge in [0.15, 0.2) is 0 Å². The van der Waals surface area contributed by atoms with Crippen LogP contribution in [-0.2, 0) is 6.54 Å². The van der Waals surface area contributed by atoms with Crippen LogP contribution >= 0.6 is 0 Å². The van der Waals surface area contributed by atoms with Gasteiger partial charge in [0.05, 0.1) is 6.54 Å². The second-order valence-electron chi connectivity index (χ2n) is 3.96. The van der Waals surface area contributed by atoms with E-state index >= 15 is 0 Å². The Morgan fingerprint density at radius 2 is 2.21 bits per heavy atom. The number of rotatable bonds is 5. The first-order valence-corrected chi connectivity index (χ1v) is 5.06. The molecule has 1 aromatic rings. The number of nitrogens with zero attached hydrogens (tertiary/aromatic N) is 2. The van der Waals surface area contributed by atoms with E-state index < -0.39 is 0 Å². The van der Waals surface area contributed by atoms with Gasteiger partial charge >= 0.3 is 6.01 Å². The van der Waals surface area contributed by atoms with Crippen LogP contribution in [-0.4, -0.2) is 22.3 Å². The SMILES string of the molecule is CC(C)Nc1nnc(CNC2CC2)o1. The third-order valence-corrected chi connectivity index (χ3v) is 2.00. The molecule has 1 aromatic heterocycles. The van der Waals surface area contributed by atoms with E-state index in [1.165, 1.54) is 12.8 Å². The van der Waals surface area contributed by atoms with Crippen molar-refractivity contribution in [3.05, 3.63) is 5.89 Å². The third kappa shape index (κ3) is 2.70. The van der Waals surface area contributed by atoms with Gasteiger partial charge in [-0.05, 0) is 26.7 Å². The molecular weight excluding hydrogens is 180 g/mol. The number of hydrogen-bond donors (Lipinski definition) is 2. The average molecular weight is 196 g/mol. The minimum Gasteiger partial charge on any atom is -0.407 e. The van der Waals surface area contributed by atoms with E-state index in [-0.39, 0.29) is 0 Å². The minimum absolute atomic E-state index is 0.319. The van der Waals surface area contributed by atoms with Crippen LogP contribution in [0.2, 0.25) is 0 Å². The first kappa shape index (κ1) is 9.45. The molecule has 0 radical (unpaired) electrons. The Labute approximate surface area is 83.3 Å². The Balaban J connectivity index is 1.81. The summed E-state index contributed by atoms with van der Waals surface area (Å²) < 4.78 is 5.38. The lowest BCUT2D eigenvalue weighted by Crippen LogP contribution is -2.15. The van der Waals surface area contributed by atoms with E-state index in [2.05, 4.69) is 20.8 Å². The molecule has 0 aromatic carbocycles. The summed E-state index contributed by atoms with van der Waals surface area (Å²) in [5.41, 5.74) is 0. The molecule has 5 heteroatoms. The van der Waals surface area contributed by atoms with Crippen molar-refractivity contribution < 1.29 is 4.42 Å². The van der Waals surface area contributed by atoms with E-state index in [0.29, 0.717) is 30.5 Å². The maximum absolute atomic E-state index is 5.38. The molecule has 1 heterocycles. The van der Waals surface area contributed by atoms with Crippen molar-refractivity contribution in [1.29, 1.82) is 0 Å². The summed E-state index contributed by atoms with van der Waals surface area (Å²) in [4.78, 5) is 0. The zero-order valence-corrected chi connectivity index (χ0v) is 8.58. The van der Waals surface area contributed by atoms with E-state index in [4.69, 9.17) is 4.42 Å². The van der Waals surface area contributed by atoms with Crippen LogP contribution in [0.25, 0.3) is 0 Å². The molecule has 0 amide bonds. The molecule has 0 bridgehead atoms. The van der Waals surface area contributed by atoms with Crippen LogP contribution < -0.4 is 10.6 Å². The predicted molar refractivity (Wildman–Crippen MR) is 52.9 cm³/mol. The maximum Gasteiger partial charge on any atom is 0.315 e. The van der Waals surface area contributed by atoms with Crippen LogP contribution in [0.1, 0.15) is 32.6 Å². The van der Waals surface area contributed by atoms with Gasteiger partial charge in [-0.3, -0.25) is 0 Å². The van der Waals surface area contributed by atoms with Crippen LogP contribution in [0.15, 0.2) is 4.42 Å². The Hall–Kier alpha value is -1.10. The lowest BCUT2D eigenvalue weighted by atomic mass is 10.4. The molecule has 0 saturated heterocycles. The van der Waals surface area contributed by atoms with Crippen LogP contribution in [0.4, 0.5) is 6.01 Å². The van der Waals surface area contributed by atoms with E-state index in [0.717, 1.165) is 0 Å². The van der Waals surface area contributed by atoms with Gasteiger partial charge in [-0.2, -0.15) is 0 Å². The molecular formula is C9H16N4O. The van der Waals surface area contributed by atoms with E-state index in [9.17, 15) is 0 Å². The Bertz CT molecular complexity index is 293. The van der Waals surface area contributed by atoms with Crippen molar-refractivity contribution >= 4 is 6.01 Å². The summed E-state index contributed by atoms with van der Waals surface area (Å²) in [5.74, 6) is 0.653. The molecule has 78 valence electrons. The second-order valence-corrected chi connectivity index (χ2v) is 3.96. The number of nitrogens with one attached hydrogen (secondary N) is 2. The van der Waals surface area contributed by atoms with Gasteiger partial charge in [-0.1, -0.05) is 5.10 Å². The third-order valence-electron chi connectivity index (χ3n) is 2.00. The highest BCUT2D eigenvalue weighted by atomic mass is 16.4. The van der Waals surface area contributed by atoms with Crippen LogP contribution in [0.5, 0.6) is 0 Å². The van der Waals surface area contributed by atoms with Crippen molar-refractivity contribution in [2.45, 2.75) is 45.3 Å². The summed E-state index contributed by atoms with van der Waals surface area (Å²) in [6.07, 6.45) is 2.54. The van der Waals surface area contributed by atoms with Gasteiger partial charge in [-0.15, -0.1) is 5.10 Å². The zero-order valence-electron chi connectivity index (χ0n) is 8.58. The quantitative estimate of drug-likeness (QED) is 0.739. The first-order valence-electron chi connectivity index (χ1n) is 5.06. The molecule has 2 N–H and O–H groups in total. The molecule has 0 unspecified atom stereocenters. The summed E-state index contributed by atoms with van der Waals surface area (Å²) in [6, 6.07) is 1.50. The van der Waals surface area contributed by atoms with Crippen molar-refractivity contribution in [2.75, 3.05) is 5.32 Å². The second kappa shape index (κ2) is 3.96. The summed E-state index contributed by atoms with van der Waals surface area (Å²) in [6.45, 7) is 4.75. The van der Waals surface area contributed by atoms with Gasteiger partial charge < -0.3 is 15.1 Å². The fourth-order valence-corrected chi connectivity index (χ4v) is 1.15. The number of anilines is 1. The first-order chi connectivity index (χ1) is 6.74. The lowest BCUT2D eigenvalue weighted by Gasteiger charge is -2.02. The molecule has 1 fully saturated rings. The molecule has 14 heavy (non-hydrogen) atoms. The smallest absolute Gasteiger partial charge is 0.315 e. The molecule has 1 saturated carbocycles. The molecule has 0 aliphatic heterocycles. The molecule has 0 spiro atoms. The maximum atomic E-state index is 5.38. The molecule has 1 aliphatic carbocycles. The van der Waals surface area contributed by atoms with Crippen molar-refractivity contribution in [3.8, 4) is 0 Å². The lowest BCUT2D eigenvalue weighted by molar-refractivity contribution is 0.473. The standard InChI is InChI=1S/C9H16N4O/c1-6(2)11-9-13-12-8(14-9)5-10-7-3-4-7/h6-7,10H,3-5H2,1-2H3,(H,11,13). The fraction of sp³-hybridized carbons (Fsp3) is 0.778. The summed E-state index contributed by atoms with van der Waals surface area (Å²) in [7, 11) is 0. The minimum atomic E-state index is 0.319. The highest BCUT2D eigenvalue weighted by Crippen LogP contribution is 2.19. The highest BCUT2D eigenvalue weighted by Gasteiger charge is 2.21. The van der Waals surface area contributed by atoms with Crippen molar-refractivity contribution in [1.82, 2.24) is 15.5 Å². The Kier molecular flexibility index (Phi) is 2.67. The average Bonchev–Trinajstić information content (AvgIpc) is 2.84. The van der Waals surface area contributed by atoms with Crippen molar-refractivity contribution in [3.63, 3.8) is 0 Å². The summed E-state index contributed by atoms with van der Waals surface area (Å²) in [5, 5.41) is 14.2. The van der Waals surface area contributed by atoms with Gasteiger partial charge in [0.1, 0.15) is 0 Å². The predicted octanol–water partition coefficient (Wildman–Crippen LogP) is 1.14. The normalized spacial score (nSPS) is 16.2. The fourth-order valence-electron chi connectivity index (χ4n) is 1.15. The molecule has 5 nitrogen and oxygen atoms in total. The number of hydrogen-bond acceptors (Lipinski definition) is 5. The molecule has 2 rings (SSSR count). The van der Waals surface area contributed by atoms with E-state index in [1.54, 1.807) is 0 Å². The van der Waals surface area contributed by atoms with Gasteiger partial charge in [0.25, 0.3) is 0 Å². The number of aromatic nitrogens is 2. The van der Waals surface area contributed by atoms with Crippen LogP contribution in [0, 0.1) is 0 Å². The monoisotopic (exact) mass is 196 g/mol. The van der Waals surface area contributed by atoms with Crippen molar-refractivity contribution in [2.24, 2.45) is 0 Å². The van der Waals surface area contributed by atoms with Gasteiger partial charge in [-0.25, -0.2) is 0 Å². The topological polar surface area (TPSA) is 63.0 Å². The van der Waals surface area contributed by atoms with Gasteiger partial charge in [0, 0.05) is 12.1 Å².